The van der Waals surface area contributed by atoms with Crippen LogP contribution < -0.4 is 0 Å². The third-order valence-electron chi connectivity index (χ3n) is 5.88. The predicted octanol–water partition coefficient (Wildman–Crippen LogP) is 3.45. The fourth-order valence-electron chi connectivity index (χ4n) is 4.34. The molecule has 2 aromatic carbocycles. The Balaban J connectivity index is 1.43. The van der Waals surface area contributed by atoms with Gasteiger partial charge in [-0.05, 0) is 42.7 Å². The highest BCUT2D eigenvalue weighted by molar-refractivity contribution is 5.94. The lowest BCUT2D eigenvalue weighted by atomic mass is 9.81. The summed E-state index contributed by atoms with van der Waals surface area (Å²) in [6, 6.07) is 18.9. The minimum atomic E-state index is -0.389. The molecule has 2 aliphatic rings. The number of aliphatic hydroxyl groups excluding tert-OH is 1. The second kappa shape index (κ2) is 7.75. The summed E-state index contributed by atoms with van der Waals surface area (Å²) in [5, 5.41) is 19.4. The van der Waals surface area contributed by atoms with Gasteiger partial charge >= 0.3 is 0 Å². The molecular weight excluding hydrogens is 352 g/mol. The van der Waals surface area contributed by atoms with Crippen molar-refractivity contribution in [1.29, 1.82) is 5.26 Å². The van der Waals surface area contributed by atoms with Gasteiger partial charge in [-0.25, -0.2) is 0 Å². The second-order valence-corrected chi connectivity index (χ2v) is 7.78. The quantitative estimate of drug-likeness (QED) is 0.871. The first-order valence-electron chi connectivity index (χ1n) is 9.79. The number of carbonyl (C=O) groups is 1. The van der Waals surface area contributed by atoms with E-state index in [1.54, 1.807) is 24.3 Å². The number of aliphatic hydroxyl groups is 1. The fraction of sp³-hybridized carbons (Fsp3) is 0.391. The molecule has 2 saturated heterocycles. The van der Waals surface area contributed by atoms with Crippen molar-refractivity contribution in [1.82, 2.24) is 4.90 Å². The summed E-state index contributed by atoms with van der Waals surface area (Å²) >= 11 is 0. The molecule has 2 aliphatic heterocycles. The van der Waals surface area contributed by atoms with Crippen LogP contribution >= 0.6 is 0 Å². The number of nitriles is 1. The van der Waals surface area contributed by atoms with Crippen molar-refractivity contribution >= 4 is 5.91 Å². The van der Waals surface area contributed by atoms with E-state index in [9.17, 15) is 9.90 Å². The lowest BCUT2D eigenvalue weighted by Gasteiger charge is -2.48. The number of piperidine rings is 1. The number of hydrogen-bond donors (Lipinski definition) is 1. The highest BCUT2D eigenvalue weighted by Crippen LogP contribution is 2.43. The lowest BCUT2D eigenvalue weighted by molar-refractivity contribution is -0.181. The molecule has 1 N–H and O–H groups in total. The van der Waals surface area contributed by atoms with Crippen LogP contribution in [0.4, 0.5) is 0 Å². The van der Waals surface area contributed by atoms with E-state index < -0.39 is 0 Å². The first kappa shape index (κ1) is 18.7. The molecule has 0 bridgehead atoms. The summed E-state index contributed by atoms with van der Waals surface area (Å²) in [6.45, 7) is 1.21. The molecule has 0 aromatic heterocycles. The Labute approximate surface area is 165 Å². The molecule has 1 spiro atoms. The van der Waals surface area contributed by atoms with E-state index in [1.807, 2.05) is 35.2 Å². The van der Waals surface area contributed by atoms with Crippen LogP contribution in [0.25, 0.3) is 0 Å². The fourth-order valence-corrected chi connectivity index (χ4v) is 4.34. The van der Waals surface area contributed by atoms with Crippen LogP contribution in [0.2, 0.25) is 0 Å². The smallest absolute Gasteiger partial charge is 0.253 e. The number of hydrogen-bond acceptors (Lipinski definition) is 4. The van der Waals surface area contributed by atoms with Crippen molar-refractivity contribution in [3.63, 3.8) is 0 Å². The van der Waals surface area contributed by atoms with Crippen LogP contribution in [0.1, 0.15) is 53.3 Å². The van der Waals surface area contributed by atoms with Crippen LogP contribution in [0.3, 0.4) is 0 Å². The van der Waals surface area contributed by atoms with Crippen LogP contribution in [-0.4, -0.2) is 40.7 Å². The number of likely N-dealkylation sites (tertiary alicyclic amines) is 1. The number of nitrogens with zero attached hydrogens (tertiary/aromatic N) is 2. The van der Waals surface area contributed by atoms with Crippen molar-refractivity contribution in [2.45, 2.75) is 43.5 Å². The van der Waals surface area contributed by atoms with Crippen molar-refractivity contribution in [3.05, 3.63) is 71.3 Å². The molecule has 1 amide bonds. The maximum Gasteiger partial charge on any atom is 0.253 e. The lowest BCUT2D eigenvalue weighted by Crippen LogP contribution is -2.52. The zero-order valence-corrected chi connectivity index (χ0v) is 15.8. The zero-order valence-electron chi connectivity index (χ0n) is 15.8. The van der Waals surface area contributed by atoms with E-state index in [4.69, 9.17) is 10.00 Å². The van der Waals surface area contributed by atoms with Gasteiger partial charge in [0.1, 0.15) is 0 Å². The maximum atomic E-state index is 12.8. The highest BCUT2D eigenvalue weighted by atomic mass is 16.5. The summed E-state index contributed by atoms with van der Waals surface area (Å²) in [4.78, 5) is 14.6. The molecule has 2 atom stereocenters. The van der Waals surface area contributed by atoms with Crippen LogP contribution in [0, 0.1) is 11.3 Å². The Hall–Kier alpha value is -2.68. The third kappa shape index (κ3) is 3.80. The van der Waals surface area contributed by atoms with Crippen molar-refractivity contribution in [2.24, 2.45) is 0 Å². The molecule has 0 unspecified atom stereocenters. The number of benzene rings is 2. The van der Waals surface area contributed by atoms with Crippen molar-refractivity contribution < 1.29 is 14.6 Å². The number of carbonyl (C=O) groups excluding carboxylic acids is 1. The first-order valence-corrected chi connectivity index (χ1v) is 9.79. The molecule has 28 heavy (non-hydrogen) atoms. The van der Waals surface area contributed by atoms with Crippen LogP contribution in [0.15, 0.2) is 54.6 Å². The van der Waals surface area contributed by atoms with Gasteiger partial charge in [0.15, 0.2) is 0 Å². The molecule has 4 rings (SSSR count). The first-order chi connectivity index (χ1) is 13.6. The van der Waals surface area contributed by atoms with E-state index in [0.717, 1.165) is 18.4 Å². The largest absolute Gasteiger partial charge is 0.393 e. The Morgan fingerprint density at radius 1 is 1.11 bits per heavy atom. The molecule has 0 aliphatic carbocycles. The second-order valence-electron chi connectivity index (χ2n) is 7.78. The monoisotopic (exact) mass is 376 g/mol. The summed E-state index contributed by atoms with van der Waals surface area (Å²) < 4.78 is 6.50. The number of ether oxygens (including phenoxy) is 1. The predicted molar refractivity (Wildman–Crippen MR) is 105 cm³/mol. The van der Waals surface area contributed by atoms with E-state index >= 15 is 0 Å². The summed E-state index contributed by atoms with van der Waals surface area (Å²) in [6.07, 6.45) is 2.17. The van der Waals surface area contributed by atoms with Crippen LogP contribution in [0.5, 0.6) is 0 Å². The van der Waals surface area contributed by atoms with Gasteiger partial charge in [0.05, 0.1) is 29.4 Å². The van der Waals surface area contributed by atoms with E-state index in [0.29, 0.717) is 37.1 Å². The Morgan fingerprint density at radius 3 is 2.43 bits per heavy atom. The average Bonchev–Trinajstić information content (AvgIpc) is 2.74. The van der Waals surface area contributed by atoms with Crippen molar-refractivity contribution in [2.75, 3.05) is 13.1 Å². The van der Waals surface area contributed by atoms with Gasteiger partial charge in [0.2, 0.25) is 0 Å². The number of amides is 1. The maximum absolute atomic E-state index is 12.8. The Morgan fingerprint density at radius 2 is 1.79 bits per heavy atom. The molecule has 2 aromatic rings. The molecule has 2 heterocycles. The van der Waals surface area contributed by atoms with Gasteiger partial charge in [-0.15, -0.1) is 0 Å². The van der Waals surface area contributed by atoms with Gasteiger partial charge in [0, 0.05) is 31.5 Å². The minimum absolute atomic E-state index is 0.0182. The molecule has 144 valence electrons. The van der Waals surface area contributed by atoms with E-state index in [1.165, 1.54) is 0 Å². The molecule has 0 saturated carbocycles. The Kier molecular flexibility index (Phi) is 5.17. The standard InChI is InChI=1S/C23H24N2O3/c24-16-17-6-8-19(9-7-17)22(27)25-12-10-23(11-13-25)15-20(26)14-21(28-23)18-4-2-1-3-5-18/h1-9,20-21,26H,10-15H2/t20-,21-/m1/s1. The molecule has 5 nitrogen and oxygen atoms in total. The van der Waals surface area contributed by atoms with Gasteiger partial charge in [-0.3, -0.25) is 4.79 Å². The SMILES string of the molecule is N#Cc1ccc(C(=O)N2CCC3(CC2)C[C@H](O)C[C@H](c2ccccc2)O3)cc1. The van der Waals surface area contributed by atoms with Gasteiger partial charge < -0.3 is 14.7 Å². The number of rotatable bonds is 2. The minimum Gasteiger partial charge on any atom is -0.393 e. The molecular formula is C23H24N2O3. The average molecular weight is 376 g/mol. The van der Waals surface area contributed by atoms with Crippen molar-refractivity contribution in [3.8, 4) is 6.07 Å². The molecule has 2 fully saturated rings. The van der Waals surface area contributed by atoms with Gasteiger partial charge in [-0.1, -0.05) is 30.3 Å². The van der Waals surface area contributed by atoms with Crippen LogP contribution in [-0.2, 0) is 4.74 Å². The topological polar surface area (TPSA) is 73.6 Å². The summed E-state index contributed by atoms with van der Waals surface area (Å²) in [5.41, 5.74) is 1.86. The third-order valence-corrected chi connectivity index (χ3v) is 5.88. The van der Waals surface area contributed by atoms with Gasteiger partial charge in [0.25, 0.3) is 5.91 Å². The highest BCUT2D eigenvalue weighted by Gasteiger charge is 2.44. The normalized spacial score (nSPS) is 23.9. The molecule has 0 radical (unpaired) electrons. The summed E-state index contributed by atoms with van der Waals surface area (Å²) in [7, 11) is 0. The summed E-state index contributed by atoms with van der Waals surface area (Å²) in [5.74, 6) is -0.0182. The van der Waals surface area contributed by atoms with Gasteiger partial charge in [-0.2, -0.15) is 5.26 Å². The Bertz CT molecular complexity index is 865. The van der Waals surface area contributed by atoms with E-state index in [2.05, 4.69) is 6.07 Å². The molecule has 5 heteroatoms. The van der Waals surface area contributed by atoms with E-state index in [-0.39, 0.29) is 23.7 Å². The zero-order chi connectivity index (χ0) is 19.6.